The van der Waals surface area contributed by atoms with Crippen molar-refractivity contribution in [3.8, 4) is 5.75 Å². The van der Waals surface area contributed by atoms with Crippen molar-refractivity contribution < 1.29 is 4.74 Å². The highest BCUT2D eigenvalue weighted by molar-refractivity contribution is 5.33. The lowest BCUT2D eigenvalue weighted by Gasteiger charge is -2.11. The number of ether oxygens (including phenoxy) is 1. The summed E-state index contributed by atoms with van der Waals surface area (Å²) in [5.41, 5.74) is 1.31. The molecular formula is C16H27NO. The Hall–Kier alpha value is -1.02. The van der Waals surface area contributed by atoms with E-state index in [0.29, 0.717) is 0 Å². The zero-order chi connectivity index (χ0) is 13.2. The van der Waals surface area contributed by atoms with Gasteiger partial charge in [0.2, 0.25) is 0 Å². The van der Waals surface area contributed by atoms with Crippen LogP contribution in [0.4, 0.5) is 0 Å². The van der Waals surface area contributed by atoms with Crippen LogP contribution in [0, 0.1) is 0 Å². The van der Waals surface area contributed by atoms with Gasteiger partial charge in [0.1, 0.15) is 5.75 Å². The highest BCUT2D eigenvalue weighted by Gasteiger charge is 2.00. The van der Waals surface area contributed by atoms with E-state index in [0.717, 1.165) is 25.2 Å². The molecule has 0 aliphatic rings. The summed E-state index contributed by atoms with van der Waals surface area (Å²) in [5, 5.41) is 0. The van der Waals surface area contributed by atoms with Crippen molar-refractivity contribution in [2.24, 2.45) is 0 Å². The summed E-state index contributed by atoms with van der Waals surface area (Å²) >= 11 is 0. The minimum atomic E-state index is 0.846. The molecule has 2 heteroatoms. The van der Waals surface area contributed by atoms with Crippen molar-refractivity contribution in [3.63, 3.8) is 0 Å². The molecule has 0 saturated heterocycles. The fourth-order valence-electron chi connectivity index (χ4n) is 2.00. The molecule has 18 heavy (non-hydrogen) atoms. The summed E-state index contributed by atoms with van der Waals surface area (Å²) in [6.45, 7) is 4.21. The molecular weight excluding hydrogens is 222 g/mol. The van der Waals surface area contributed by atoms with Gasteiger partial charge in [-0.15, -0.1) is 0 Å². The van der Waals surface area contributed by atoms with E-state index >= 15 is 0 Å². The maximum Gasteiger partial charge on any atom is 0.122 e. The van der Waals surface area contributed by atoms with Gasteiger partial charge in [-0.3, -0.25) is 0 Å². The normalized spacial score (nSPS) is 10.9. The van der Waals surface area contributed by atoms with Crippen molar-refractivity contribution in [2.75, 3.05) is 27.2 Å². The first kappa shape index (κ1) is 15.0. The van der Waals surface area contributed by atoms with Crippen LogP contribution in [0.25, 0.3) is 0 Å². The van der Waals surface area contributed by atoms with Crippen LogP contribution < -0.4 is 4.74 Å². The fourth-order valence-corrected chi connectivity index (χ4v) is 2.00. The zero-order valence-electron chi connectivity index (χ0n) is 12.1. The Morgan fingerprint density at radius 1 is 1.00 bits per heavy atom. The van der Waals surface area contributed by atoms with Gasteiger partial charge in [-0.1, -0.05) is 38.0 Å². The molecule has 0 radical (unpaired) electrons. The zero-order valence-corrected chi connectivity index (χ0v) is 12.1. The van der Waals surface area contributed by atoms with Gasteiger partial charge in [0, 0.05) is 0 Å². The molecule has 0 aliphatic heterocycles. The van der Waals surface area contributed by atoms with Gasteiger partial charge < -0.3 is 9.64 Å². The monoisotopic (exact) mass is 249 g/mol. The van der Waals surface area contributed by atoms with Gasteiger partial charge in [-0.2, -0.15) is 0 Å². The van der Waals surface area contributed by atoms with Gasteiger partial charge >= 0.3 is 0 Å². The summed E-state index contributed by atoms with van der Waals surface area (Å²) in [6, 6.07) is 8.34. The van der Waals surface area contributed by atoms with Crippen LogP contribution in [-0.4, -0.2) is 32.1 Å². The van der Waals surface area contributed by atoms with Crippen LogP contribution in [0.2, 0.25) is 0 Å². The molecule has 0 aromatic heterocycles. The summed E-state index contributed by atoms with van der Waals surface area (Å²) in [4.78, 5) is 2.24. The van der Waals surface area contributed by atoms with E-state index in [2.05, 4.69) is 44.1 Å². The predicted octanol–water partition coefficient (Wildman–Crippen LogP) is 3.75. The van der Waals surface area contributed by atoms with Gasteiger partial charge in [0.25, 0.3) is 0 Å². The molecule has 0 heterocycles. The molecule has 1 aromatic carbocycles. The Labute approximate surface area is 112 Å². The van der Waals surface area contributed by atoms with E-state index in [1.54, 1.807) is 0 Å². The molecule has 102 valence electrons. The third-order valence-electron chi connectivity index (χ3n) is 3.11. The van der Waals surface area contributed by atoms with Gasteiger partial charge in [0.05, 0.1) is 6.61 Å². The quantitative estimate of drug-likeness (QED) is 0.618. The first-order chi connectivity index (χ1) is 8.74. The van der Waals surface area contributed by atoms with Crippen molar-refractivity contribution in [1.82, 2.24) is 4.90 Å². The third kappa shape index (κ3) is 6.06. The van der Waals surface area contributed by atoms with Crippen LogP contribution >= 0.6 is 0 Å². The number of aryl methyl sites for hydroxylation is 1. The number of benzene rings is 1. The second-order valence-electron chi connectivity index (χ2n) is 5.03. The molecule has 0 atom stereocenters. The molecule has 0 unspecified atom stereocenters. The first-order valence-electron chi connectivity index (χ1n) is 7.09. The van der Waals surface area contributed by atoms with E-state index in [4.69, 9.17) is 4.74 Å². The number of hydrogen-bond donors (Lipinski definition) is 0. The van der Waals surface area contributed by atoms with Crippen LogP contribution in [0.15, 0.2) is 24.3 Å². The van der Waals surface area contributed by atoms with Gasteiger partial charge in [-0.25, -0.2) is 0 Å². The number of rotatable bonds is 9. The van der Waals surface area contributed by atoms with Crippen molar-refractivity contribution in [3.05, 3.63) is 29.8 Å². The Morgan fingerprint density at radius 3 is 2.44 bits per heavy atom. The van der Waals surface area contributed by atoms with Crippen LogP contribution in [0.1, 0.15) is 38.2 Å². The van der Waals surface area contributed by atoms with E-state index in [-0.39, 0.29) is 0 Å². The minimum absolute atomic E-state index is 0.846. The summed E-state index contributed by atoms with van der Waals surface area (Å²) < 4.78 is 5.85. The SMILES string of the molecule is CCc1ccccc1OCCCCCCN(C)C. The van der Waals surface area contributed by atoms with E-state index in [1.165, 1.54) is 31.4 Å². The Morgan fingerprint density at radius 2 is 1.72 bits per heavy atom. The molecule has 0 saturated carbocycles. The van der Waals surface area contributed by atoms with Crippen LogP contribution in [0.5, 0.6) is 5.75 Å². The highest BCUT2D eigenvalue weighted by atomic mass is 16.5. The van der Waals surface area contributed by atoms with E-state index < -0.39 is 0 Å². The summed E-state index contributed by atoms with van der Waals surface area (Å²) in [6.07, 6.45) is 6.06. The fraction of sp³-hybridized carbons (Fsp3) is 0.625. The molecule has 1 rings (SSSR count). The standard InChI is InChI=1S/C16H27NO/c1-4-15-11-7-8-12-16(15)18-14-10-6-5-9-13-17(2)3/h7-8,11-12H,4-6,9-10,13-14H2,1-3H3. The first-order valence-corrected chi connectivity index (χ1v) is 7.09. The second kappa shape index (κ2) is 8.98. The lowest BCUT2D eigenvalue weighted by Crippen LogP contribution is -2.12. The Balaban J connectivity index is 2.10. The Kier molecular flexibility index (Phi) is 7.51. The van der Waals surface area contributed by atoms with Crippen LogP contribution in [-0.2, 0) is 6.42 Å². The van der Waals surface area contributed by atoms with Crippen molar-refractivity contribution in [1.29, 1.82) is 0 Å². The molecule has 0 amide bonds. The number of hydrogen-bond acceptors (Lipinski definition) is 2. The largest absolute Gasteiger partial charge is 0.493 e. The van der Waals surface area contributed by atoms with E-state index in [9.17, 15) is 0 Å². The average Bonchev–Trinajstić information content (AvgIpc) is 2.37. The highest BCUT2D eigenvalue weighted by Crippen LogP contribution is 2.18. The topological polar surface area (TPSA) is 12.5 Å². The maximum absolute atomic E-state index is 5.85. The molecule has 0 N–H and O–H groups in total. The number of para-hydroxylation sites is 1. The van der Waals surface area contributed by atoms with Gasteiger partial charge in [0.15, 0.2) is 0 Å². The summed E-state index contributed by atoms with van der Waals surface area (Å²) in [7, 11) is 4.26. The van der Waals surface area contributed by atoms with Crippen LogP contribution in [0.3, 0.4) is 0 Å². The number of nitrogens with zero attached hydrogens (tertiary/aromatic N) is 1. The predicted molar refractivity (Wildman–Crippen MR) is 78.3 cm³/mol. The minimum Gasteiger partial charge on any atom is -0.493 e. The smallest absolute Gasteiger partial charge is 0.122 e. The molecule has 1 aromatic rings. The lowest BCUT2D eigenvalue weighted by atomic mass is 10.1. The Bertz CT molecular complexity index is 323. The lowest BCUT2D eigenvalue weighted by molar-refractivity contribution is 0.299. The number of unbranched alkanes of at least 4 members (excludes halogenated alkanes) is 3. The molecule has 0 fully saturated rings. The summed E-state index contributed by atoms with van der Waals surface area (Å²) in [5.74, 6) is 1.06. The second-order valence-corrected chi connectivity index (χ2v) is 5.03. The van der Waals surface area contributed by atoms with Crippen molar-refractivity contribution >= 4 is 0 Å². The van der Waals surface area contributed by atoms with Gasteiger partial charge in [-0.05, 0) is 51.5 Å². The van der Waals surface area contributed by atoms with Crippen molar-refractivity contribution in [2.45, 2.75) is 39.0 Å². The maximum atomic E-state index is 5.85. The molecule has 2 nitrogen and oxygen atoms in total. The average molecular weight is 249 g/mol. The molecule has 0 spiro atoms. The third-order valence-corrected chi connectivity index (χ3v) is 3.11. The van der Waals surface area contributed by atoms with E-state index in [1.807, 2.05) is 6.07 Å². The molecule has 0 bridgehead atoms. The molecule has 0 aliphatic carbocycles.